The number of aromatic nitrogens is 3. The molecule has 0 spiro atoms. The predicted molar refractivity (Wildman–Crippen MR) is 81.2 cm³/mol. The van der Waals surface area contributed by atoms with Crippen LogP contribution in [0.2, 0.25) is 0 Å². The maximum atomic E-state index is 12.2. The zero-order valence-corrected chi connectivity index (χ0v) is 13.1. The summed E-state index contributed by atoms with van der Waals surface area (Å²) in [5.74, 6) is 1.08. The Labute approximate surface area is 130 Å². The van der Waals surface area contributed by atoms with Crippen molar-refractivity contribution in [1.82, 2.24) is 15.2 Å². The van der Waals surface area contributed by atoms with E-state index in [1.54, 1.807) is 7.11 Å². The highest BCUT2D eigenvalue weighted by Gasteiger charge is 2.28. The lowest BCUT2D eigenvalue weighted by Gasteiger charge is -2.11. The third kappa shape index (κ3) is 3.14. The Bertz CT molecular complexity index is 667. The third-order valence-corrected chi connectivity index (χ3v) is 4.07. The maximum Gasteiger partial charge on any atom is 0.295 e. The van der Waals surface area contributed by atoms with Gasteiger partial charge in [0.15, 0.2) is 0 Å². The molecule has 0 radical (unpaired) electrons. The number of hydrogen-bond donors (Lipinski definition) is 2. The quantitative estimate of drug-likeness (QED) is 0.868. The maximum absolute atomic E-state index is 12.2. The molecule has 1 aromatic carbocycles. The predicted octanol–water partition coefficient (Wildman–Crippen LogP) is 2.84. The van der Waals surface area contributed by atoms with Gasteiger partial charge in [-0.05, 0) is 25.0 Å². The fraction of sp³-hybridized carbons (Fsp3) is 0.357. The molecule has 0 bridgehead atoms. The van der Waals surface area contributed by atoms with Gasteiger partial charge >= 0.3 is 0 Å². The Morgan fingerprint density at radius 3 is 3.05 bits per heavy atom. The van der Waals surface area contributed by atoms with E-state index in [0.717, 1.165) is 28.7 Å². The van der Waals surface area contributed by atoms with Gasteiger partial charge in [-0.1, -0.05) is 22.0 Å². The monoisotopic (exact) mass is 350 g/mol. The first-order valence-electron chi connectivity index (χ1n) is 6.69. The summed E-state index contributed by atoms with van der Waals surface area (Å²) in [7, 11) is 1.61. The summed E-state index contributed by atoms with van der Waals surface area (Å²) in [4.78, 5) is 16.5. The van der Waals surface area contributed by atoms with E-state index in [-0.39, 0.29) is 11.7 Å². The highest BCUT2D eigenvalue weighted by atomic mass is 79.9. The molecule has 1 heterocycles. The fourth-order valence-corrected chi connectivity index (χ4v) is 2.54. The Morgan fingerprint density at radius 1 is 1.52 bits per heavy atom. The van der Waals surface area contributed by atoms with Crippen LogP contribution in [-0.2, 0) is 11.3 Å². The van der Waals surface area contributed by atoms with Crippen LogP contribution in [0.3, 0.4) is 0 Å². The van der Waals surface area contributed by atoms with Crippen LogP contribution in [0.1, 0.15) is 40.8 Å². The molecule has 1 saturated carbocycles. The van der Waals surface area contributed by atoms with E-state index in [9.17, 15) is 4.79 Å². The molecule has 3 rings (SSSR count). The first-order valence-corrected chi connectivity index (χ1v) is 7.48. The summed E-state index contributed by atoms with van der Waals surface area (Å²) in [5, 5.41) is 9.64. The van der Waals surface area contributed by atoms with Gasteiger partial charge in [-0.2, -0.15) is 0 Å². The average Bonchev–Trinajstić information content (AvgIpc) is 3.20. The van der Waals surface area contributed by atoms with Crippen LogP contribution in [-0.4, -0.2) is 28.2 Å². The van der Waals surface area contributed by atoms with Gasteiger partial charge in [0.2, 0.25) is 5.82 Å². The van der Waals surface area contributed by atoms with Gasteiger partial charge in [-0.15, -0.1) is 5.10 Å². The molecule has 6 nitrogen and oxygen atoms in total. The molecular weight excluding hydrogens is 336 g/mol. The largest absolute Gasteiger partial charge is 0.380 e. The number of methoxy groups -OCH3 is 1. The molecule has 110 valence electrons. The number of rotatable bonds is 5. The van der Waals surface area contributed by atoms with Gasteiger partial charge in [0.05, 0.1) is 6.61 Å². The summed E-state index contributed by atoms with van der Waals surface area (Å²) in [6.45, 7) is 0.401. The minimum Gasteiger partial charge on any atom is -0.380 e. The van der Waals surface area contributed by atoms with Crippen LogP contribution in [0.15, 0.2) is 22.7 Å². The molecule has 0 saturated heterocycles. The third-order valence-electron chi connectivity index (χ3n) is 3.33. The van der Waals surface area contributed by atoms with E-state index in [2.05, 4.69) is 36.4 Å². The number of H-pyrrole nitrogens is 1. The van der Waals surface area contributed by atoms with Crippen LogP contribution in [0.5, 0.6) is 0 Å². The lowest BCUT2D eigenvalue weighted by molar-refractivity contribution is 0.101. The number of hydrogen-bond acceptors (Lipinski definition) is 4. The van der Waals surface area contributed by atoms with E-state index in [1.807, 2.05) is 18.2 Å². The van der Waals surface area contributed by atoms with Crippen molar-refractivity contribution in [2.75, 3.05) is 12.4 Å². The molecule has 1 aliphatic carbocycles. The second-order valence-corrected chi connectivity index (χ2v) is 5.83. The average molecular weight is 351 g/mol. The second-order valence-electron chi connectivity index (χ2n) is 4.97. The first kappa shape index (κ1) is 14.2. The molecule has 0 aliphatic heterocycles. The van der Waals surface area contributed by atoms with E-state index >= 15 is 0 Å². The van der Waals surface area contributed by atoms with Gasteiger partial charge < -0.3 is 10.1 Å². The number of carbonyl (C=O) groups is 1. The minimum atomic E-state index is -0.325. The topological polar surface area (TPSA) is 79.9 Å². The van der Waals surface area contributed by atoms with Crippen molar-refractivity contribution in [2.24, 2.45) is 0 Å². The standard InChI is InChI=1S/C14H15BrN4O2/c1-21-7-9-10(15)3-2-4-11(9)16-14(20)13-17-12(18-19-13)8-5-6-8/h2-4,8H,5-7H2,1H3,(H,16,20)(H,17,18,19). The smallest absolute Gasteiger partial charge is 0.295 e. The Morgan fingerprint density at radius 2 is 2.33 bits per heavy atom. The van der Waals surface area contributed by atoms with Crippen molar-refractivity contribution in [3.63, 3.8) is 0 Å². The van der Waals surface area contributed by atoms with E-state index < -0.39 is 0 Å². The molecule has 1 aliphatic rings. The summed E-state index contributed by atoms with van der Waals surface area (Å²) >= 11 is 3.46. The molecule has 1 amide bonds. The van der Waals surface area contributed by atoms with Crippen LogP contribution in [0, 0.1) is 0 Å². The molecule has 21 heavy (non-hydrogen) atoms. The molecule has 0 atom stereocenters. The van der Waals surface area contributed by atoms with Crippen molar-refractivity contribution >= 4 is 27.5 Å². The first-order chi connectivity index (χ1) is 10.2. The van der Waals surface area contributed by atoms with Crippen LogP contribution in [0.4, 0.5) is 5.69 Å². The summed E-state index contributed by atoms with van der Waals surface area (Å²) < 4.78 is 6.05. The fourth-order valence-electron chi connectivity index (χ4n) is 2.06. The zero-order chi connectivity index (χ0) is 14.8. The SMILES string of the molecule is COCc1c(Br)cccc1NC(=O)c1n[nH]c(C2CC2)n1. The van der Waals surface area contributed by atoms with Crippen molar-refractivity contribution in [1.29, 1.82) is 0 Å². The summed E-state index contributed by atoms with van der Waals surface area (Å²) in [6.07, 6.45) is 2.22. The normalized spacial score (nSPS) is 14.2. The van der Waals surface area contributed by atoms with Gasteiger partial charge in [0.25, 0.3) is 5.91 Å². The zero-order valence-electron chi connectivity index (χ0n) is 11.5. The Hall–Kier alpha value is -1.73. The van der Waals surface area contributed by atoms with Crippen LogP contribution < -0.4 is 5.32 Å². The second kappa shape index (κ2) is 5.95. The molecule has 0 unspecified atom stereocenters. The number of benzene rings is 1. The molecule has 7 heteroatoms. The molecule has 1 fully saturated rings. The molecular formula is C14H15BrN4O2. The Kier molecular flexibility index (Phi) is 4.03. The number of nitrogens with zero attached hydrogens (tertiary/aromatic N) is 2. The van der Waals surface area contributed by atoms with E-state index in [1.165, 1.54) is 0 Å². The number of anilines is 1. The molecule has 2 aromatic rings. The summed E-state index contributed by atoms with van der Waals surface area (Å²) in [6, 6.07) is 5.58. The van der Waals surface area contributed by atoms with E-state index in [0.29, 0.717) is 18.2 Å². The molecule has 1 aromatic heterocycles. The number of halogens is 1. The van der Waals surface area contributed by atoms with Crippen LogP contribution in [0.25, 0.3) is 0 Å². The number of carbonyl (C=O) groups excluding carboxylic acids is 1. The van der Waals surface area contributed by atoms with E-state index in [4.69, 9.17) is 4.74 Å². The summed E-state index contributed by atoms with van der Waals surface area (Å²) in [5.41, 5.74) is 1.57. The van der Waals surface area contributed by atoms with Gasteiger partial charge in [-0.25, -0.2) is 4.98 Å². The number of ether oxygens (including phenoxy) is 1. The van der Waals surface area contributed by atoms with Gasteiger partial charge in [0.1, 0.15) is 5.82 Å². The number of aromatic amines is 1. The lowest BCUT2D eigenvalue weighted by Crippen LogP contribution is -2.15. The van der Waals surface area contributed by atoms with Crippen LogP contribution >= 0.6 is 15.9 Å². The minimum absolute atomic E-state index is 0.167. The van der Waals surface area contributed by atoms with Crippen molar-refractivity contribution in [3.05, 3.63) is 39.9 Å². The van der Waals surface area contributed by atoms with Gasteiger partial charge in [0, 0.05) is 28.8 Å². The van der Waals surface area contributed by atoms with Crippen molar-refractivity contribution in [2.45, 2.75) is 25.4 Å². The Balaban J connectivity index is 1.78. The highest BCUT2D eigenvalue weighted by Crippen LogP contribution is 2.37. The highest BCUT2D eigenvalue weighted by molar-refractivity contribution is 9.10. The van der Waals surface area contributed by atoms with Crippen molar-refractivity contribution < 1.29 is 9.53 Å². The number of amides is 1. The van der Waals surface area contributed by atoms with Gasteiger partial charge in [-0.3, -0.25) is 9.89 Å². The lowest BCUT2D eigenvalue weighted by atomic mass is 10.2. The number of nitrogens with one attached hydrogen (secondary N) is 2. The van der Waals surface area contributed by atoms with Crippen molar-refractivity contribution in [3.8, 4) is 0 Å². The molecule has 2 N–H and O–H groups in total.